The lowest BCUT2D eigenvalue weighted by atomic mass is 10.1. The van der Waals surface area contributed by atoms with Gasteiger partial charge in [0.25, 0.3) is 0 Å². The molecular weight excluding hydrogens is 354 g/mol. The molecule has 3 aromatic rings. The maximum absolute atomic E-state index is 6.56. The van der Waals surface area contributed by atoms with Gasteiger partial charge in [-0.3, -0.25) is 4.90 Å². The first-order valence-electron chi connectivity index (χ1n) is 9.54. The predicted molar refractivity (Wildman–Crippen MR) is 110 cm³/mol. The van der Waals surface area contributed by atoms with Crippen molar-refractivity contribution in [3.63, 3.8) is 0 Å². The Bertz CT molecular complexity index is 924. The second kappa shape index (κ2) is 8.20. The molecule has 0 spiro atoms. The maximum atomic E-state index is 6.56. The SMILES string of the molecule is Cc1ccccc1Cc1nc(Cl)c2c(n1)CCN(Cc1ccccc1)CC2. The van der Waals surface area contributed by atoms with Crippen molar-refractivity contribution in [1.82, 2.24) is 14.9 Å². The largest absolute Gasteiger partial charge is 0.298 e. The minimum absolute atomic E-state index is 0.630. The Morgan fingerprint density at radius 2 is 1.67 bits per heavy atom. The standard InChI is InChI=1S/C23H24ClN3/c1-17-7-5-6-10-19(17)15-22-25-21-12-14-27(13-11-20(21)23(24)26-22)16-18-8-3-2-4-9-18/h2-10H,11-16H2,1H3. The highest BCUT2D eigenvalue weighted by Crippen LogP contribution is 2.23. The summed E-state index contributed by atoms with van der Waals surface area (Å²) < 4.78 is 0. The quantitative estimate of drug-likeness (QED) is 0.621. The lowest BCUT2D eigenvalue weighted by molar-refractivity contribution is 0.279. The lowest BCUT2D eigenvalue weighted by Crippen LogP contribution is -2.25. The Morgan fingerprint density at radius 1 is 0.926 bits per heavy atom. The van der Waals surface area contributed by atoms with Gasteiger partial charge in [-0.25, -0.2) is 9.97 Å². The maximum Gasteiger partial charge on any atom is 0.136 e. The highest BCUT2D eigenvalue weighted by molar-refractivity contribution is 6.30. The minimum Gasteiger partial charge on any atom is -0.298 e. The molecular formula is C23H24ClN3. The van der Waals surface area contributed by atoms with Gasteiger partial charge in [0.05, 0.1) is 5.69 Å². The Kier molecular flexibility index (Phi) is 5.51. The molecule has 0 amide bonds. The summed E-state index contributed by atoms with van der Waals surface area (Å²) in [5, 5.41) is 0.630. The van der Waals surface area contributed by atoms with Crippen LogP contribution in [0.5, 0.6) is 0 Å². The van der Waals surface area contributed by atoms with E-state index >= 15 is 0 Å². The molecule has 1 aliphatic heterocycles. The minimum atomic E-state index is 0.630. The molecule has 0 saturated heterocycles. The Labute approximate surface area is 166 Å². The van der Waals surface area contributed by atoms with Crippen LogP contribution in [0, 0.1) is 6.92 Å². The third-order valence-corrected chi connectivity index (χ3v) is 5.60. The number of nitrogens with zero attached hydrogens (tertiary/aromatic N) is 3. The number of aromatic nitrogens is 2. The normalized spacial score (nSPS) is 14.6. The molecule has 27 heavy (non-hydrogen) atoms. The van der Waals surface area contributed by atoms with E-state index in [-0.39, 0.29) is 0 Å². The summed E-state index contributed by atoms with van der Waals surface area (Å²) in [7, 11) is 0. The van der Waals surface area contributed by atoms with E-state index in [0.717, 1.165) is 56.0 Å². The van der Waals surface area contributed by atoms with E-state index in [4.69, 9.17) is 16.6 Å². The topological polar surface area (TPSA) is 29.0 Å². The van der Waals surface area contributed by atoms with Crippen molar-refractivity contribution in [2.45, 2.75) is 32.7 Å². The molecule has 0 bridgehead atoms. The summed E-state index contributed by atoms with van der Waals surface area (Å²) in [6.45, 7) is 5.08. The number of hydrogen-bond donors (Lipinski definition) is 0. The molecule has 0 unspecified atom stereocenters. The summed E-state index contributed by atoms with van der Waals surface area (Å²) in [5.41, 5.74) is 6.12. The van der Waals surface area contributed by atoms with E-state index < -0.39 is 0 Å². The van der Waals surface area contributed by atoms with Gasteiger partial charge in [-0.15, -0.1) is 0 Å². The first-order chi connectivity index (χ1) is 13.2. The lowest BCUT2D eigenvalue weighted by Gasteiger charge is -2.19. The van der Waals surface area contributed by atoms with Gasteiger partial charge in [-0.05, 0) is 30.0 Å². The number of hydrogen-bond acceptors (Lipinski definition) is 3. The Hall–Kier alpha value is -2.23. The second-order valence-electron chi connectivity index (χ2n) is 7.22. The van der Waals surface area contributed by atoms with Crippen molar-refractivity contribution >= 4 is 11.6 Å². The van der Waals surface area contributed by atoms with Gasteiger partial charge in [0.2, 0.25) is 0 Å². The molecule has 2 aromatic carbocycles. The molecule has 4 heteroatoms. The smallest absolute Gasteiger partial charge is 0.136 e. The summed E-state index contributed by atoms with van der Waals surface area (Å²) in [6.07, 6.45) is 2.56. The fourth-order valence-corrected chi connectivity index (χ4v) is 4.01. The van der Waals surface area contributed by atoms with Gasteiger partial charge >= 0.3 is 0 Å². The van der Waals surface area contributed by atoms with Crippen molar-refractivity contribution in [3.8, 4) is 0 Å². The molecule has 2 heterocycles. The number of rotatable bonds is 4. The molecule has 1 aliphatic rings. The van der Waals surface area contributed by atoms with Gasteiger partial charge < -0.3 is 0 Å². The Morgan fingerprint density at radius 3 is 2.48 bits per heavy atom. The third-order valence-electron chi connectivity index (χ3n) is 5.29. The number of fused-ring (bicyclic) bond motifs is 1. The molecule has 0 aliphatic carbocycles. The van der Waals surface area contributed by atoms with E-state index in [0.29, 0.717) is 5.15 Å². The van der Waals surface area contributed by atoms with Gasteiger partial charge in [0.15, 0.2) is 0 Å². The number of aryl methyl sites for hydroxylation is 1. The van der Waals surface area contributed by atoms with Crippen molar-refractivity contribution in [1.29, 1.82) is 0 Å². The van der Waals surface area contributed by atoms with Crippen LogP contribution < -0.4 is 0 Å². The molecule has 0 radical (unpaired) electrons. The van der Waals surface area contributed by atoms with Crippen LogP contribution in [0.2, 0.25) is 5.15 Å². The fraction of sp³-hybridized carbons (Fsp3) is 0.304. The highest BCUT2D eigenvalue weighted by Gasteiger charge is 2.19. The second-order valence-corrected chi connectivity index (χ2v) is 7.58. The molecule has 3 nitrogen and oxygen atoms in total. The van der Waals surface area contributed by atoms with E-state index in [1.165, 1.54) is 16.7 Å². The zero-order valence-corrected chi connectivity index (χ0v) is 16.4. The van der Waals surface area contributed by atoms with E-state index in [1.807, 2.05) is 0 Å². The van der Waals surface area contributed by atoms with Crippen molar-refractivity contribution in [3.05, 3.63) is 93.5 Å². The van der Waals surface area contributed by atoms with E-state index in [2.05, 4.69) is 71.4 Å². The van der Waals surface area contributed by atoms with E-state index in [1.54, 1.807) is 0 Å². The summed E-state index contributed by atoms with van der Waals surface area (Å²) in [5.74, 6) is 0.824. The predicted octanol–water partition coefficient (Wildman–Crippen LogP) is 4.63. The van der Waals surface area contributed by atoms with Crippen LogP contribution in [-0.2, 0) is 25.8 Å². The molecule has 4 rings (SSSR count). The van der Waals surface area contributed by atoms with Crippen LogP contribution in [-0.4, -0.2) is 28.0 Å². The van der Waals surface area contributed by atoms with Crippen LogP contribution >= 0.6 is 11.6 Å². The highest BCUT2D eigenvalue weighted by atomic mass is 35.5. The third kappa shape index (κ3) is 4.37. The molecule has 0 saturated carbocycles. The van der Waals surface area contributed by atoms with Crippen LogP contribution in [0.3, 0.4) is 0 Å². The first-order valence-corrected chi connectivity index (χ1v) is 9.92. The first kappa shape index (κ1) is 18.1. The van der Waals surface area contributed by atoms with Crippen LogP contribution in [0.1, 0.15) is 33.8 Å². The van der Waals surface area contributed by atoms with Gasteiger partial charge in [-0.2, -0.15) is 0 Å². The van der Waals surface area contributed by atoms with E-state index in [9.17, 15) is 0 Å². The number of benzene rings is 2. The molecule has 0 fully saturated rings. The molecule has 138 valence electrons. The summed E-state index contributed by atoms with van der Waals surface area (Å²) in [6, 6.07) is 19.0. The van der Waals surface area contributed by atoms with Gasteiger partial charge in [0, 0.05) is 38.0 Å². The van der Waals surface area contributed by atoms with Crippen molar-refractivity contribution in [2.24, 2.45) is 0 Å². The van der Waals surface area contributed by atoms with Gasteiger partial charge in [0.1, 0.15) is 11.0 Å². The monoisotopic (exact) mass is 377 g/mol. The van der Waals surface area contributed by atoms with Crippen LogP contribution in [0.25, 0.3) is 0 Å². The average molecular weight is 378 g/mol. The average Bonchev–Trinajstić information content (AvgIpc) is 2.87. The number of halogens is 1. The summed E-state index contributed by atoms with van der Waals surface area (Å²) in [4.78, 5) is 12.0. The summed E-state index contributed by atoms with van der Waals surface area (Å²) >= 11 is 6.56. The van der Waals surface area contributed by atoms with Crippen molar-refractivity contribution < 1.29 is 0 Å². The van der Waals surface area contributed by atoms with Crippen LogP contribution in [0.15, 0.2) is 54.6 Å². The fourth-order valence-electron chi connectivity index (χ4n) is 3.71. The zero-order chi connectivity index (χ0) is 18.6. The molecule has 0 atom stereocenters. The molecule has 1 aromatic heterocycles. The van der Waals surface area contributed by atoms with Gasteiger partial charge in [-0.1, -0.05) is 66.2 Å². The zero-order valence-electron chi connectivity index (χ0n) is 15.7. The van der Waals surface area contributed by atoms with Crippen LogP contribution in [0.4, 0.5) is 0 Å². The Balaban J connectivity index is 1.51. The molecule has 0 N–H and O–H groups in total. The van der Waals surface area contributed by atoms with Crippen molar-refractivity contribution in [2.75, 3.05) is 13.1 Å².